The van der Waals surface area contributed by atoms with E-state index in [4.69, 9.17) is 14.2 Å². The average molecular weight is 542 g/mol. The Bertz CT molecular complexity index is 1000. The highest BCUT2D eigenvalue weighted by atomic mass is 35.5. The maximum atomic E-state index is 14.2. The van der Waals surface area contributed by atoms with Crippen LogP contribution in [-0.4, -0.2) is 54.5 Å². The zero-order chi connectivity index (χ0) is 25.7. The predicted octanol–water partition coefficient (Wildman–Crippen LogP) is 3.12. The number of ether oxygens (including phenoxy) is 3. The van der Waals surface area contributed by atoms with E-state index >= 15 is 0 Å². The summed E-state index contributed by atoms with van der Waals surface area (Å²) in [5, 5.41) is 0. The summed E-state index contributed by atoms with van der Waals surface area (Å²) in [6.45, 7) is 4.88. The fourth-order valence-electron chi connectivity index (χ4n) is 7.11. The molecule has 38 heavy (non-hydrogen) atoms. The van der Waals surface area contributed by atoms with Gasteiger partial charge in [0.25, 0.3) is 5.60 Å². The molecular formula is C31H40ClNO5. The molecule has 0 N–H and O–H groups in total. The third-order valence-electron chi connectivity index (χ3n) is 8.88. The Kier molecular flexibility index (Phi) is 9.37. The van der Waals surface area contributed by atoms with Gasteiger partial charge in [-0.3, -0.25) is 0 Å². The van der Waals surface area contributed by atoms with Crippen molar-refractivity contribution in [2.24, 2.45) is 0 Å². The van der Waals surface area contributed by atoms with Gasteiger partial charge in [-0.2, -0.15) is 0 Å². The maximum Gasteiger partial charge on any atom is 0.510 e. The number of carbonyl (C=O) groups excluding carboxylic acids is 2. The molecule has 6 nitrogen and oxygen atoms in total. The fraction of sp³-hybridized carbons (Fsp3) is 0.548. The summed E-state index contributed by atoms with van der Waals surface area (Å²) in [6.07, 6.45) is 8.49. The predicted molar refractivity (Wildman–Crippen MR) is 141 cm³/mol. The van der Waals surface area contributed by atoms with Crippen LogP contribution in [0.25, 0.3) is 0 Å². The van der Waals surface area contributed by atoms with E-state index in [9.17, 15) is 9.59 Å². The maximum absolute atomic E-state index is 14.2. The minimum Gasteiger partial charge on any atom is -1.00 e. The van der Waals surface area contributed by atoms with Gasteiger partial charge in [-0.05, 0) is 6.42 Å². The number of esters is 1. The number of nitrogens with zero attached hydrogens (tertiary/aromatic N) is 1. The van der Waals surface area contributed by atoms with Crippen molar-refractivity contribution in [3.05, 3.63) is 71.8 Å². The van der Waals surface area contributed by atoms with Gasteiger partial charge >= 0.3 is 12.1 Å². The molecule has 2 aromatic rings. The second-order valence-electron chi connectivity index (χ2n) is 11.0. The van der Waals surface area contributed by atoms with E-state index in [0.717, 1.165) is 32.1 Å². The molecule has 3 heterocycles. The molecular weight excluding hydrogens is 502 g/mol. The Balaban J connectivity index is 0.00000336. The molecule has 3 aliphatic rings. The Labute approximate surface area is 232 Å². The number of unbranched alkanes of at least 4 members (excludes halogenated alkanes) is 2. The molecule has 2 atom stereocenters. The van der Waals surface area contributed by atoms with Crippen molar-refractivity contribution >= 4 is 12.1 Å². The van der Waals surface area contributed by atoms with Crippen LogP contribution in [0.2, 0.25) is 0 Å². The van der Waals surface area contributed by atoms with Gasteiger partial charge in [0.1, 0.15) is 6.10 Å². The van der Waals surface area contributed by atoms with Gasteiger partial charge < -0.3 is 31.1 Å². The van der Waals surface area contributed by atoms with Crippen LogP contribution in [0.4, 0.5) is 4.79 Å². The summed E-state index contributed by atoms with van der Waals surface area (Å²) in [5.74, 6) is -0.547. The Morgan fingerprint density at radius 3 is 1.95 bits per heavy atom. The lowest BCUT2D eigenvalue weighted by Gasteiger charge is -2.47. The molecule has 2 unspecified atom stereocenters. The van der Waals surface area contributed by atoms with Crippen molar-refractivity contribution in [2.75, 3.05) is 19.7 Å². The van der Waals surface area contributed by atoms with E-state index in [1.165, 1.54) is 43.3 Å². The van der Waals surface area contributed by atoms with Crippen molar-refractivity contribution in [3.63, 3.8) is 0 Å². The number of quaternary nitrogens is 1. The first-order valence-corrected chi connectivity index (χ1v) is 14.1. The van der Waals surface area contributed by atoms with E-state index in [2.05, 4.69) is 6.92 Å². The van der Waals surface area contributed by atoms with Crippen LogP contribution in [0.15, 0.2) is 60.7 Å². The number of rotatable bonds is 9. The van der Waals surface area contributed by atoms with Gasteiger partial charge in [0.15, 0.2) is 0 Å². The smallest absolute Gasteiger partial charge is 0.510 e. The van der Waals surface area contributed by atoms with E-state index in [1.807, 2.05) is 60.7 Å². The highest BCUT2D eigenvalue weighted by Gasteiger charge is 2.57. The SMILES string of the molecule is CCCCCOC(=O)OC(C(=O)OC1CC2CCC(C1)[N+]21CCCC1)(c1ccccc1)c1ccccc1.[Cl-]. The molecule has 0 aliphatic carbocycles. The molecule has 3 aliphatic heterocycles. The molecule has 0 aromatic heterocycles. The topological polar surface area (TPSA) is 61.8 Å². The van der Waals surface area contributed by atoms with Gasteiger partial charge in [-0.25, -0.2) is 9.59 Å². The summed E-state index contributed by atoms with van der Waals surface area (Å²) in [5.41, 5.74) is -0.627. The standard InChI is InChI=1S/C31H40NO5.ClH/c1-2-3-12-21-35-30(34)37-31(24-13-6-4-7-14-24,25-15-8-5-9-16-25)29(33)36-28-22-26-17-18-27(23-28)32(26)19-10-11-20-32;/h4-9,13-16,26-28H,2-3,10-12,17-23H2,1H3;1H/q+1;/p-1. The second-order valence-corrected chi connectivity index (χ2v) is 11.0. The van der Waals surface area contributed by atoms with Crippen LogP contribution in [0.5, 0.6) is 0 Å². The number of carbonyl (C=O) groups is 2. The summed E-state index contributed by atoms with van der Waals surface area (Å²) in [6, 6.07) is 19.5. The molecule has 206 valence electrons. The van der Waals surface area contributed by atoms with Crippen molar-refractivity contribution in [1.82, 2.24) is 0 Å². The summed E-state index contributed by atoms with van der Waals surface area (Å²) >= 11 is 0. The first-order valence-electron chi connectivity index (χ1n) is 14.1. The van der Waals surface area contributed by atoms with Crippen LogP contribution in [0.3, 0.4) is 0 Å². The van der Waals surface area contributed by atoms with Crippen molar-refractivity contribution in [1.29, 1.82) is 0 Å². The molecule has 3 fully saturated rings. The fourth-order valence-corrected chi connectivity index (χ4v) is 7.11. The van der Waals surface area contributed by atoms with Crippen molar-refractivity contribution in [3.8, 4) is 0 Å². The number of hydrogen-bond donors (Lipinski definition) is 0. The normalized spacial score (nSPS) is 23.4. The van der Waals surface area contributed by atoms with Gasteiger partial charge in [0.2, 0.25) is 0 Å². The van der Waals surface area contributed by atoms with E-state index < -0.39 is 17.7 Å². The molecule has 0 saturated carbocycles. The Morgan fingerprint density at radius 2 is 1.42 bits per heavy atom. The molecule has 7 heteroatoms. The van der Waals surface area contributed by atoms with E-state index in [-0.39, 0.29) is 25.1 Å². The Morgan fingerprint density at radius 1 is 0.868 bits per heavy atom. The lowest BCUT2D eigenvalue weighted by atomic mass is 9.85. The number of halogens is 1. The molecule has 1 spiro atoms. The van der Waals surface area contributed by atoms with E-state index in [0.29, 0.717) is 23.2 Å². The Hall–Kier alpha value is -2.57. The molecule has 3 saturated heterocycles. The number of benzene rings is 2. The highest BCUT2D eigenvalue weighted by Crippen LogP contribution is 2.47. The molecule has 0 radical (unpaired) electrons. The van der Waals surface area contributed by atoms with Crippen molar-refractivity contribution < 1.29 is 40.7 Å². The third kappa shape index (κ3) is 5.43. The number of hydrogen-bond acceptors (Lipinski definition) is 5. The molecule has 2 bridgehead atoms. The van der Waals surface area contributed by atoms with Crippen molar-refractivity contribution in [2.45, 2.75) is 88.5 Å². The van der Waals surface area contributed by atoms with Crippen LogP contribution in [0.1, 0.15) is 75.8 Å². The minimum absolute atomic E-state index is 0. The average Bonchev–Trinajstić information content (AvgIpc) is 3.47. The minimum atomic E-state index is -1.74. The monoisotopic (exact) mass is 541 g/mol. The largest absolute Gasteiger partial charge is 1.00 e. The third-order valence-corrected chi connectivity index (χ3v) is 8.88. The van der Waals surface area contributed by atoms with Gasteiger partial charge in [0.05, 0.1) is 31.8 Å². The first kappa shape index (κ1) is 28.4. The number of piperidine rings is 1. The molecule has 0 amide bonds. The summed E-state index contributed by atoms with van der Waals surface area (Å²) < 4.78 is 19.0. The molecule has 5 rings (SSSR count). The summed E-state index contributed by atoms with van der Waals surface area (Å²) in [7, 11) is 0. The van der Waals surface area contributed by atoms with Crippen LogP contribution < -0.4 is 12.4 Å². The second kappa shape index (κ2) is 12.5. The van der Waals surface area contributed by atoms with Gasteiger partial charge in [-0.1, -0.05) is 80.4 Å². The van der Waals surface area contributed by atoms with Gasteiger partial charge in [0, 0.05) is 49.7 Å². The summed E-state index contributed by atoms with van der Waals surface area (Å²) in [4.78, 5) is 27.2. The quantitative estimate of drug-likeness (QED) is 0.277. The van der Waals surface area contributed by atoms with Crippen LogP contribution in [0, 0.1) is 0 Å². The lowest BCUT2D eigenvalue weighted by molar-refractivity contribution is -0.956. The zero-order valence-electron chi connectivity index (χ0n) is 22.4. The lowest BCUT2D eigenvalue weighted by Crippen LogP contribution is -3.00. The van der Waals surface area contributed by atoms with Crippen LogP contribution in [-0.2, 0) is 24.6 Å². The zero-order valence-corrected chi connectivity index (χ0v) is 23.1. The molecule has 2 aromatic carbocycles. The highest BCUT2D eigenvalue weighted by molar-refractivity contribution is 5.88. The first-order chi connectivity index (χ1) is 18.1. The van der Waals surface area contributed by atoms with E-state index in [1.54, 1.807) is 0 Å². The van der Waals surface area contributed by atoms with Crippen LogP contribution >= 0.6 is 0 Å². The van der Waals surface area contributed by atoms with Gasteiger partial charge in [-0.15, -0.1) is 0 Å².